The van der Waals surface area contributed by atoms with Crippen LogP contribution in [0.1, 0.15) is 222 Å². The first kappa shape index (κ1) is 50.6. The van der Waals surface area contributed by atoms with Crippen molar-refractivity contribution in [1.29, 1.82) is 0 Å². The molecule has 0 N–H and O–H groups in total. The van der Waals surface area contributed by atoms with Crippen LogP contribution in [-0.2, 0) is 24.8 Å². The minimum absolute atomic E-state index is 0.0184. The molecule has 1 saturated heterocycles. The second-order valence-electron chi connectivity index (χ2n) is 22.8. The van der Waals surface area contributed by atoms with Crippen LogP contribution in [0.5, 0.6) is 0 Å². The molecule has 3 aromatic rings. The molecule has 0 aromatic heterocycles. The van der Waals surface area contributed by atoms with Crippen molar-refractivity contribution in [3.63, 3.8) is 0 Å². The van der Waals surface area contributed by atoms with E-state index in [1.807, 2.05) is 13.8 Å². The van der Waals surface area contributed by atoms with Gasteiger partial charge in [0.2, 0.25) is 0 Å². The molecule has 3 aromatic carbocycles. The van der Waals surface area contributed by atoms with Crippen molar-refractivity contribution in [3.8, 4) is 0 Å². The van der Waals surface area contributed by atoms with E-state index >= 15 is 0 Å². The first-order valence-corrected chi connectivity index (χ1v) is 27.3. The van der Waals surface area contributed by atoms with Crippen LogP contribution in [0.2, 0.25) is 4.25 Å². The third kappa shape index (κ3) is 11.0. The molecule has 58 heavy (non-hydrogen) atoms. The Morgan fingerprint density at radius 1 is 0.638 bits per heavy atom. The standard InChI is InChI=1S/C49H76GeNOP.C4H10O/c1-31(2)35-27-37(32(3)4)41(38(28-35)33(5)6)50(48(16,17)18)44(42(34-25-23-22-24-26-34)51(52-50)49(19,20)21)53-43-39(46(10,11)12)29-36(45(7,8)9)30-40(43)47(13,14)15;1-3-5-4-2/h22-33,42H,1-21H3;3-4H2,1-2H3/t42-,50-;/m1./s1. The maximum atomic E-state index is 8.20. The molecular weight excluding hydrogens is 786 g/mol. The summed E-state index contributed by atoms with van der Waals surface area (Å²) in [5, 5.41) is 3.96. The summed E-state index contributed by atoms with van der Waals surface area (Å²) in [6.07, 6.45) is 0. The summed E-state index contributed by atoms with van der Waals surface area (Å²) < 4.78 is 16.1. The Morgan fingerprint density at radius 3 is 1.40 bits per heavy atom. The smallest absolute Gasteiger partial charge is 0.0437 e. The van der Waals surface area contributed by atoms with Crippen LogP contribution in [0.4, 0.5) is 0 Å². The Labute approximate surface area is 363 Å². The molecule has 5 heteroatoms. The van der Waals surface area contributed by atoms with Crippen molar-refractivity contribution in [1.82, 2.24) is 5.06 Å². The Balaban J connectivity index is 0.00000169. The number of hydroxylamine groups is 2. The molecule has 3 nitrogen and oxygen atoms in total. The van der Waals surface area contributed by atoms with Crippen molar-refractivity contribution in [2.24, 2.45) is 0 Å². The Kier molecular flexibility index (Phi) is 16.3. The summed E-state index contributed by atoms with van der Waals surface area (Å²) in [5.41, 5.74) is 9.86. The summed E-state index contributed by atoms with van der Waals surface area (Å²) in [4.78, 5) is 0. The molecule has 0 unspecified atom stereocenters. The van der Waals surface area contributed by atoms with E-state index in [9.17, 15) is 0 Å². The molecule has 4 rings (SSSR count). The molecule has 0 spiro atoms. The van der Waals surface area contributed by atoms with Crippen molar-refractivity contribution in [2.75, 3.05) is 13.2 Å². The van der Waals surface area contributed by atoms with Gasteiger partial charge >= 0.3 is 333 Å². The normalized spacial score (nSPS) is 19.4. The van der Waals surface area contributed by atoms with Gasteiger partial charge in [-0.25, -0.2) is 0 Å². The average molecular weight is 873 g/mol. The van der Waals surface area contributed by atoms with Gasteiger partial charge < -0.3 is 4.74 Å². The maximum Gasteiger partial charge on any atom is 0.0437 e. The fourth-order valence-electron chi connectivity index (χ4n) is 8.23. The molecule has 1 heterocycles. The first-order chi connectivity index (χ1) is 26.4. The zero-order valence-electron chi connectivity index (χ0n) is 41.6. The van der Waals surface area contributed by atoms with E-state index in [1.54, 1.807) is 8.52 Å². The molecular formula is C53H86GeNO2P. The molecule has 0 bridgehead atoms. The minimum atomic E-state index is -3.93. The average Bonchev–Trinajstić information content (AvgIpc) is 3.43. The quantitative estimate of drug-likeness (QED) is 0.166. The van der Waals surface area contributed by atoms with Crippen LogP contribution < -0.4 is 9.70 Å². The number of nitrogens with zero attached hydrogens (tertiary/aromatic N) is 1. The summed E-state index contributed by atoms with van der Waals surface area (Å²) >= 11 is -3.93. The van der Waals surface area contributed by atoms with Gasteiger partial charge in [-0.1, -0.05) is 0 Å². The largest absolute Gasteiger partial charge is 0.382 e. The van der Waals surface area contributed by atoms with Gasteiger partial charge in [0.15, 0.2) is 0 Å². The van der Waals surface area contributed by atoms with Crippen LogP contribution >= 0.6 is 8.20 Å². The molecule has 0 aliphatic carbocycles. The molecule has 0 radical (unpaired) electrons. The van der Waals surface area contributed by atoms with E-state index in [2.05, 4.69) is 205 Å². The van der Waals surface area contributed by atoms with Gasteiger partial charge in [0.05, 0.1) is 0 Å². The second-order valence-corrected chi connectivity index (χ2v) is 33.4. The van der Waals surface area contributed by atoms with Gasteiger partial charge in [-0.3, -0.25) is 0 Å². The van der Waals surface area contributed by atoms with E-state index < -0.39 is 13.6 Å². The Hall–Kier alpha value is -1.75. The van der Waals surface area contributed by atoms with E-state index in [0.29, 0.717) is 17.8 Å². The first-order valence-electron chi connectivity index (χ1n) is 22.4. The number of hydrogen-bond acceptors (Lipinski definition) is 3. The van der Waals surface area contributed by atoms with Gasteiger partial charge in [0.1, 0.15) is 0 Å². The molecule has 324 valence electrons. The molecule has 1 aliphatic rings. The molecule has 0 amide bonds. The van der Waals surface area contributed by atoms with Gasteiger partial charge in [0.25, 0.3) is 0 Å². The predicted molar refractivity (Wildman–Crippen MR) is 262 cm³/mol. The van der Waals surface area contributed by atoms with Crippen LogP contribution in [-0.4, -0.2) is 41.5 Å². The van der Waals surface area contributed by atoms with E-state index in [0.717, 1.165) is 13.2 Å². The Bertz CT molecular complexity index is 1790. The molecule has 1 fully saturated rings. The van der Waals surface area contributed by atoms with Gasteiger partial charge in [-0.05, 0) is 13.8 Å². The monoisotopic (exact) mass is 874 g/mol. The molecule has 0 saturated carbocycles. The van der Waals surface area contributed by atoms with Gasteiger partial charge in [0, 0.05) is 13.2 Å². The van der Waals surface area contributed by atoms with Crippen LogP contribution in [0.15, 0.2) is 54.6 Å². The van der Waals surface area contributed by atoms with Crippen molar-refractivity contribution >= 4 is 35.6 Å². The van der Waals surface area contributed by atoms with Crippen molar-refractivity contribution in [2.45, 2.75) is 209 Å². The number of ether oxygens (including phenoxy) is 1. The van der Waals surface area contributed by atoms with Gasteiger partial charge in [-0.2, -0.15) is 0 Å². The van der Waals surface area contributed by atoms with E-state index in [4.69, 9.17) is 8.60 Å². The summed E-state index contributed by atoms with van der Waals surface area (Å²) in [7, 11) is 1.31. The summed E-state index contributed by atoms with van der Waals surface area (Å²) in [6, 6.07) is 21.6. The molecule has 1 aliphatic heterocycles. The third-order valence-corrected chi connectivity index (χ3v) is 25.4. The summed E-state index contributed by atoms with van der Waals surface area (Å²) in [6.45, 7) is 56.2. The topological polar surface area (TPSA) is 21.7 Å². The maximum absolute atomic E-state index is 8.20. The second kappa shape index (κ2) is 18.7. The minimum Gasteiger partial charge on any atom is -0.382 e. The zero-order valence-corrected chi connectivity index (χ0v) is 44.6. The number of rotatable bonds is 8. The van der Waals surface area contributed by atoms with Crippen molar-refractivity contribution in [3.05, 3.63) is 93.5 Å². The number of benzene rings is 3. The van der Waals surface area contributed by atoms with Crippen molar-refractivity contribution < 1.29 is 8.60 Å². The van der Waals surface area contributed by atoms with Crippen LogP contribution in [0, 0.1) is 0 Å². The van der Waals surface area contributed by atoms with Crippen LogP contribution in [0.3, 0.4) is 0 Å². The predicted octanol–water partition coefficient (Wildman–Crippen LogP) is 14.7. The van der Waals surface area contributed by atoms with E-state index in [1.165, 1.54) is 52.5 Å². The van der Waals surface area contributed by atoms with Crippen LogP contribution in [0.25, 0.3) is 0 Å². The zero-order chi connectivity index (χ0) is 44.6. The third-order valence-electron chi connectivity index (χ3n) is 11.6. The molecule has 2 atom stereocenters. The number of hydrogen-bond donors (Lipinski definition) is 0. The summed E-state index contributed by atoms with van der Waals surface area (Å²) in [5.74, 6) is 1.19. The SMILES string of the molecule is CC(C)c1cc(C(C)C)[c]([Ge@@]2([C](C)(C)C)[O]N(C(C)(C)C)[C@H](c3ccccc3)[C]2=Pc2c(C(C)(C)C)cc(C(C)(C)C)cc2C(C)(C)C)c(C(C)C)c1.CCOCC. The fraction of sp³-hybridized carbons (Fsp3) is 0.642. The fourth-order valence-corrected chi connectivity index (χ4v) is 25.0. The Morgan fingerprint density at radius 2 is 1.09 bits per heavy atom. The van der Waals surface area contributed by atoms with E-state index in [-0.39, 0.29) is 32.1 Å². The van der Waals surface area contributed by atoms with Gasteiger partial charge in [-0.15, -0.1) is 0 Å².